The molecule has 0 fully saturated rings. The Kier molecular flexibility index (Phi) is 8.07. The topological polar surface area (TPSA) is 38.7 Å². The van der Waals surface area contributed by atoms with E-state index >= 15 is 0 Å². The molecule has 0 bridgehead atoms. The highest BCUT2D eigenvalue weighted by Crippen LogP contribution is 2.63. The van der Waals surface area contributed by atoms with Crippen molar-refractivity contribution < 1.29 is 0 Å². The minimum Gasteiger partial charge on any atom is -0.208 e. The summed E-state index contributed by atoms with van der Waals surface area (Å²) in [6.07, 6.45) is 0. The summed E-state index contributed by atoms with van der Waals surface area (Å²) in [6, 6.07) is 80.7. The fourth-order valence-electron chi connectivity index (χ4n) is 9.81. The Labute approximate surface area is 355 Å². The molecule has 9 aromatic carbocycles. The molecule has 10 aromatic rings. The zero-order valence-electron chi connectivity index (χ0n) is 33.2. The zero-order valence-corrected chi connectivity index (χ0v) is 33.2. The molecule has 2 aliphatic carbocycles. The van der Waals surface area contributed by atoms with Gasteiger partial charge in [-0.2, -0.15) is 0 Å². The molecule has 0 N–H and O–H groups in total. The Hall–Kier alpha value is -8.01. The van der Waals surface area contributed by atoms with Gasteiger partial charge in [-0.25, -0.2) is 15.0 Å². The van der Waals surface area contributed by atoms with Crippen LogP contribution in [0.4, 0.5) is 0 Å². The van der Waals surface area contributed by atoms with E-state index in [0.29, 0.717) is 17.5 Å². The van der Waals surface area contributed by atoms with Crippen LogP contribution < -0.4 is 0 Å². The number of hydrogen-bond acceptors (Lipinski definition) is 3. The third kappa shape index (κ3) is 5.62. The Morgan fingerprint density at radius 3 is 0.967 bits per heavy atom. The van der Waals surface area contributed by atoms with Gasteiger partial charge in [0.1, 0.15) is 0 Å². The molecule has 1 aromatic heterocycles. The fraction of sp³-hybridized carbons (Fsp3) is 0.0172. The average Bonchev–Trinajstić information content (AvgIpc) is 3.82. The highest BCUT2D eigenvalue weighted by atomic mass is 15.0. The van der Waals surface area contributed by atoms with Crippen molar-refractivity contribution in [3.63, 3.8) is 0 Å². The maximum atomic E-state index is 4.99. The zero-order chi connectivity index (χ0) is 40.3. The van der Waals surface area contributed by atoms with Crippen LogP contribution in [0.3, 0.4) is 0 Å². The maximum Gasteiger partial charge on any atom is 0.164 e. The van der Waals surface area contributed by atoms with E-state index in [1.54, 1.807) is 0 Å². The molecule has 0 unspecified atom stereocenters. The standard InChI is InChI=1S/C58H37N3/c1-3-16-38(17-4-1)55-59-56(39-18-5-2-6-19-39)61-57(60-55)46-25-15-24-44(36-46)42-22-13-20-40(34-42)41-21-14-23-43(35-41)45-32-33-50-49-28-9-12-31-53(49)58(54(50)37-45)51-29-10-7-26-47(51)48-27-8-11-30-52(48)58/h1-37H. The second-order valence-corrected chi connectivity index (χ2v) is 15.9. The van der Waals surface area contributed by atoms with E-state index in [9.17, 15) is 0 Å². The van der Waals surface area contributed by atoms with E-state index < -0.39 is 0 Å². The molecule has 3 nitrogen and oxygen atoms in total. The van der Waals surface area contributed by atoms with Gasteiger partial charge in [0.15, 0.2) is 17.5 Å². The predicted molar refractivity (Wildman–Crippen MR) is 249 cm³/mol. The Bertz CT molecular complexity index is 3190. The first-order chi connectivity index (χ1) is 30.2. The van der Waals surface area contributed by atoms with E-state index in [-0.39, 0.29) is 5.41 Å². The Morgan fingerprint density at radius 1 is 0.213 bits per heavy atom. The molecular weight excluding hydrogens is 739 g/mol. The van der Waals surface area contributed by atoms with Gasteiger partial charge < -0.3 is 0 Å². The van der Waals surface area contributed by atoms with Crippen molar-refractivity contribution in [3.05, 3.63) is 247 Å². The van der Waals surface area contributed by atoms with Crippen LogP contribution in [0.1, 0.15) is 22.3 Å². The van der Waals surface area contributed by atoms with Crippen molar-refractivity contribution in [3.8, 4) is 89.8 Å². The minimum atomic E-state index is -0.372. The first-order valence-electron chi connectivity index (χ1n) is 20.8. The lowest BCUT2D eigenvalue weighted by molar-refractivity contribution is 0.794. The van der Waals surface area contributed by atoms with Crippen molar-refractivity contribution in [1.82, 2.24) is 15.0 Å². The van der Waals surface area contributed by atoms with Gasteiger partial charge in [0.25, 0.3) is 0 Å². The Balaban J connectivity index is 0.922. The molecule has 284 valence electrons. The van der Waals surface area contributed by atoms with E-state index in [2.05, 4.69) is 164 Å². The molecule has 1 spiro atoms. The van der Waals surface area contributed by atoms with Gasteiger partial charge in [0.05, 0.1) is 5.41 Å². The molecular formula is C58H37N3. The van der Waals surface area contributed by atoms with Gasteiger partial charge in [-0.15, -0.1) is 0 Å². The van der Waals surface area contributed by atoms with Crippen molar-refractivity contribution in [2.75, 3.05) is 0 Å². The van der Waals surface area contributed by atoms with E-state index in [4.69, 9.17) is 15.0 Å². The number of fused-ring (bicyclic) bond motifs is 10. The number of aromatic nitrogens is 3. The lowest BCUT2D eigenvalue weighted by Crippen LogP contribution is -2.25. The lowest BCUT2D eigenvalue weighted by atomic mass is 9.70. The summed E-state index contributed by atoms with van der Waals surface area (Å²) in [4.78, 5) is 14.9. The van der Waals surface area contributed by atoms with Crippen LogP contribution in [0.15, 0.2) is 224 Å². The summed E-state index contributed by atoms with van der Waals surface area (Å²) in [7, 11) is 0. The maximum absolute atomic E-state index is 4.99. The summed E-state index contributed by atoms with van der Waals surface area (Å²) in [5, 5.41) is 0. The first kappa shape index (κ1) is 35.0. The summed E-state index contributed by atoms with van der Waals surface area (Å²) in [5.74, 6) is 1.94. The molecule has 3 heteroatoms. The smallest absolute Gasteiger partial charge is 0.164 e. The third-order valence-corrected chi connectivity index (χ3v) is 12.5. The highest BCUT2D eigenvalue weighted by Gasteiger charge is 2.51. The van der Waals surface area contributed by atoms with Crippen LogP contribution in [0, 0.1) is 0 Å². The highest BCUT2D eigenvalue weighted by molar-refractivity contribution is 5.96. The number of hydrogen-bond donors (Lipinski definition) is 0. The summed E-state index contributed by atoms with van der Waals surface area (Å²) in [5.41, 5.74) is 20.1. The van der Waals surface area contributed by atoms with Gasteiger partial charge >= 0.3 is 0 Å². The fourth-order valence-corrected chi connectivity index (χ4v) is 9.81. The van der Waals surface area contributed by atoms with E-state index in [1.807, 2.05) is 60.7 Å². The molecule has 0 atom stereocenters. The number of nitrogens with zero attached hydrogens (tertiary/aromatic N) is 3. The number of benzene rings is 9. The minimum absolute atomic E-state index is 0.372. The number of rotatable bonds is 6. The van der Waals surface area contributed by atoms with Crippen LogP contribution in [-0.2, 0) is 5.41 Å². The molecule has 2 aliphatic rings. The van der Waals surface area contributed by atoms with Gasteiger partial charge in [-0.3, -0.25) is 0 Å². The monoisotopic (exact) mass is 775 g/mol. The van der Waals surface area contributed by atoms with E-state index in [0.717, 1.165) is 33.4 Å². The van der Waals surface area contributed by atoms with Crippen LogP contribution in [-0.4, -0.2) is 15.0 Å². The van der Waals surface area contributed by atoms with Crippen LogP contribution in [0.25, 0.3) is 89.8 Å². The molecule has 0 saturated carbocycles. The molecule has 61 heavy (non-hydrogen) atoms. The van der Waals surface area contributed by atoms with Gasteiger partial charge in [-0.1, -0.05) is 200 Å². The molecule has 0 aliphatic heterocycles. The molecule has 0 radical (unpaired) electrons. The van der Waals surface area contributed by atoms with Gasteiger partial charge in [0.2, 0.25) is 0 Å². The Morgan fingerprint density at radius 2 is 0.525 bits per heavy atom. The summed E-state index contributed by atoms with van der Waals surface area (Å²) in [6.45, 7) is 0. The van der Waals surface area contributed by atoms with Gasteiger partial charge in [0, 0.05) is 16.7 Å². The first-order valence-corrected chi connectivity index (χ1v) is 20.8. The quantitative estimate of drug-likeness (QED) is 0.169. The lowest BCUT2D eigenvalue weighted by Gasteiger charge is -2.30. The third-order valence-electron chi connectivity index (χ3n) is 12.5. The summed E-state index contributed by atoms with van der Waals surface area (Å²) >= 11 is 0. The molecule has 1 heterocycles. The van der Waals surface area contributed by atoms with Gasteiger partial charge in [-0.05, 0) is 102 Å². The van der Waals surface area contributed by atoms with Crippen molar-refractivity contribution in [1.29, 1.82) is 0 Å². The second-order valence-electron chi connectivity index (χ2n) is 15.9. The van der Waals surface area contributed by atoms with Crippen molar-refractivity contribution in [2.24, 2.45) is 0 Å². The normalized spacial score (nSPS) is 12.7. The van der Waals surface area contributed by atoms with E-state index in [1.165, 1.54) is 61.2 Å². The molecule has 0 amide bonds. The summed E-state index contributed by atoms with van der Waals surface area (Å²) < 4.78 is 0. The SMILES string of the molecule is c1ccc(-c2nc(-c3ccccc3)nc(-c3cccc(-c4cccc(-c5cccc(-c6ccc7c(c6)C6(c8ccccc8-c8ccccc86)c6ccccc6-7)c5)c4)c3)n2)cc1. The van der Waals surface area contributed by atoms with Crippen LogP contribution >= 0.6 is 0 Å². The molecule has 0 saturated heterocycles. The average molecular weight is 776 g/mol. The van der Waals surface area contributed by atoms with Crippen LogP contribution in [0.5, 0.6) is 0 Å². The second kappa shape index (κ2) is 14.1. The van der Waals surface area contributed by atoms with Crippen LogP contribution in [0.2, 0.25) is 0 Å². The predicted octanol–water partition coefficient (Wildman–Crippen LogP) is 14.2. The van der Waals surface area contributed by atoms with Crippen molar-refractivity contribution >= 4 is 0 Å². The largest absolute Gasteiger partial charge is 0.208 e. The van der Waals surface area contributed by atoms with Crippen molar-refractivity contribution in [2.45, 2.75) is 5.41 Å². The molecule has 12 rings (SSSR count).